The van der Waals surface area contributed by atoms with Crippen LogP contribution in [0, 0.1) is 6.92 Å². The van der Waals surface area contributed by atoms with Crippen molar-refractivity contribution in [3.8, 4) is 11.5 Å². The van der Waals surface area contributed by atoms with E-state index in [2.05, 4.69) is 41.0 Å². The third-order valence-corrected chi connectivity index (χ3v) is 4.74. The average Bonchev–Trinajstić information content (AvgIpc) is 2.68. The number of aryl methyl sites for hydroxylation is 1. The highest BCUT2D eigenvalue weighted by Gasteiger charge is 2.20. The van der Waals surface area contributed by atoms with E-state index in [0.29, 0.717) is 18.0 Å². The minimum atomic E-state index is -0.522. The predicted octanol–water partition coefficient (Wildman–Crippen LogP) is 2.57. The summed E-state index contributed by atoms with van der Waals surface area (Å²) in [5, 5.41) is 10.3. The number of piperazine rings is 1. The minimum absolute atomic E-state index is 0.262. The summed E-state index contributed by atoms with van der Waals surface area (Å²) >= 11 is 0. The molecule has 1 saturated heterocycles. The number of aliphatic hydroxyl groups is 1. The highest BCUT2D eigenvalue weighted by Crippen LogP contribution is 2.25. The van der Waals surface area contributed by atoms with Gasteiger partial charge < -0.3 is 19.5 Å². The fourth-order valence-electron chi connectivity index (χ4n) is 3.22. The van der Waals surface area contributed by atoms with Crippen molar-refractivity contribution in [3.63, 3.8) is 0 Å². The van der Waals surface area contributed by atoms with Crippen LogP contribution in [-0.2, 0) is 0 Å². The molecule has 0 aliphatic carbocycles. The first-order valence-electron chi connectivity index (χ1n) is 9.13. The molecule has 3 rings (SSSR count). The maximum atomic E-state index is 10.3. The molecule has 1 N–H and O–H groups in total. The van der Waals surface area contributed by atoms with E-state index in [1.165, 1.54) is 11.3 Å². The van der Waals surface area contributed by atoms with E-state index in [9.17, 15) is 5.11 Å². The van der Waals surface area contributed by atoms with E-state index in [1.807, 2.05) is 24.3 Å². The number of benzene rings is 2. The van der Waals surface area contributed by atoms with Crippen molar-refractivity contribution >= 4 is 5.69 Å². The fraction of sp³-hybridized carbons (Fsp3) is 0.429. The summed E-state index contributed by atoms with van der Waals surface area (Å²) in [4.78, 5) is 4.69. The van der Waals surface area contributed by atoms with Gasteiger partial charge in [-0.25, -0.2) is 0 Å². The normalized spacial score (nSPS) is 16.3. The van der Waals surface area contributed by atoms with Crippen LogP contribution in [0.5, 0.6) is 11.5 Å². The van der Waals surface area contributed by atoms with Crippen molar-refractivity contribution in [2.24, 2.45) is 0 Å². The summed E-state index contributed by atoms with van der Waals surface area (Å²) in [7, 11) is 1.62. The van der Waals surface area contributed by atoms with E-state index < -0.39 is 6.10 Å². The molecule has 1 atom stereocenters. The summed E-state index contributed by atoms with van der Waals surface area (Å²) < 4.78 is 11.0. The molecular formula is C21H28N2O3. The quantitative estimate of drug-likeness (QED) is 0.826. The van der Waals surface area contributed by atoms with Crippen molar-refractivity contribution in [1.82, 2.24) is 4.90 Å². The van der Waals surface area contributed by atoms with Crippen molar-refractivity contribution < 1.29 is 14.6 Å². The SMILES string of the molecule is COc1ccccc1OCC(O)CN1CCN(c2ccc(C)cc2)CC1. The Kier molecular flexibility index (Phi) is 6.36. The Morgan fingerprint density at radius 2 is 1.62 bits per heavy atom. The molecule has 0 saturated carbocycles. The lowest BCUT2D eigenvalue weighted by Crippen LogP contribution is -2.49. The van der Waals surface area contributed by atoms with Gasteiger partial charge in [0.2, 0.25) is 0 Å². The Hall–Kier alpha value is -2.24. The van der Waals surface area contributed by atoms with Crippen LogP contribution in [-0.4, -0.2) is 62.6 Å². The fourth-order valence-corrected chi connectivity index (χ4v) is 3.22. The predicted molar refractivity (Wildman–Crippen MR) is 104 cm³/mol. The van der Waals surface area contributed by atoms with Crippen LogP contribution >= 0.6 is 0 Å². The molecule has 2 aromatic carbocycles. The average molecular weight is 356 g/mol. The van der Waals surface area contributed by atoms with Crippen LogP contribution in [0.3, 0.4) is 0 Å². The Morgan fingerprint density at radius 1 is 0.962 bits per heavy atom. The second-order valence-corrected chi connectivity index (χ2v) is 6.74. The Morgan fingerprint density at radius 3 is 2.27 bits per heavy atom. The number of hydrogen-bond acceptors (Lipinski definition) is 5. The van der Waals surface area contributed by atoms with Gasteiger partial charge >= 0.3 is 0 Å². The lowest BCUT2D eigenvalue weighted by Gasteiger charge is -2.36. The molecule has 2 aromatic rings. The summed E-state index contributed by atoms with van der Waals surface area (Å²) in [5.74, 6) is 1.35. The van der Waals surface area contributed by atoms with E-state index in [-0.39, 0.29) is 6.61 Å². The molecule has 0 amide bonds. The number of para-hydroxylation sites is 2. The van der Waals surface area contributed by atoms with Gasteiger partial charge in [-0.15, -0.1) is 0 Å². The van der Waals surface area contributed by atoms with E-state index in [4.69, 9.17) is 9.47 Å². The zero-order chi connectivity index (χ0) is 18.4. The number of rotatable bonds is 7. The number of nitrogens with zero attached hydrogens (tertiary/aromatic N) is 2. The van der Waals surface area contributed by atoms with Crippen LogP contribution in [0.25, 0.3) is 0 Å². The Labute approximate surface area is 155 Å². The number of ether oxygens (including phenoxy) is 2. The van der Waals surface area contributed by atoms with Gasteiger partial charge in [-0.05, 0) is 31.2 Å². The van der Waals surface area contributed by atoms with Crippen molar-refractivity contribution in [2.45, 2.75) is 13.0 Å². The Balaban J connectivity index is 1.43. The molecule has 0 spiro atoms. The van der Waals surface area contributed by atoms with Crippen LogP contribution in [0.15, 0.2) is 48.5 Å². The largest absolute Gasteiger partial charge is 0.493 e. The first-order valence-corrected chi connectivity index (χ1v) is 9.13. The summed E-state index contributed by atoms with van der Waals surface area (Å²) in [6.45, 7) is 6.83. The molecular weight excluding hydrogens is 328 g/mol. The molecule has 5 nitrogen and oxygen atoms in total. The van der Waals surface area contributed by atoms with Gasteiger partial charge in [0.1, 0.15) is 12.7 Å². The molecule has 1 aliphatic heterocycles. The number of β-amino-alcohol motifs (C(OH)–C–C–N with tert-alkyl or cyclic N) is 1. The molecule has 1 unspecified atom stereocenters. The Bertz CT molecular complexity index is 682. The highest BCUT2D eigenvalue weighted by atomic mass is 16.5. The molecule has 1 fully saturated rings. The molecule has 26 heavy (non-hydrogen) atoms. The van der Waals surface area contributed by atoms with Gasteiger partial charge in [0.15, 0.2) is 11.5 Å². The maximum absolute atomic E-state index is 10.3. The monoisotopic (exact) mass is 356 g/mol. The number of methoxy groups -OCH3 is 1. The second kappa shape index (κ2) is 8.92. The highest BCUT2D eigenvalue weighted by molar-refractivity contribution is 5.47. The third kappa shape index (κ3) is 4.90. The van der Waals surface area contributed by atoms with E-state index in [1.54, 1.807) is 7.11 Å². The van der Waals surface area contributed by atoms with Crippen LogP contribution in [0.2, 0.25) is 0 Å². The van der Waals surface area contributed by atoms with Crippen molar-refractivity contribution in [1.29, 1.82) is 0 Å². The smallest absolute Gasteiger partial charge is 0.161 e. The number of hydrogen-bond donors (Lipinski definition) is 1. The molecule has 1 heterocycles. The van der Waals surface area contributed by atoms with Gasteiger partial charge in [-0.3, -0.25) is 4.90 Å². The lowest BCUT2D eigenvalue weighted by atomic mass is 10.2. The van der Waals surface area contributed by atoms with Crippen LogP contribution in [0.4, 0.5) is 5.69 Å². The van der Waals surface area contributed by atoms with Crippen LogP contribution < -0.4 is 14.4 Å². The summed E-state index contributed by atoms with van der Waals surface area (Å²) in [6, 6.07) is 16.2. The van der Waals surface area contributed by atoms with Gasteiger partial charge in [-0.1, -0.05) is 29.8 Å². The van der Waals surface area contributed by atoms with Crippen molar-refractivity contribution in [3.05, 3.63) is 54.1 Å². The molecule has 0 radical (unpaired) electrons. The van der Waals surface area contributed by atoms with Gasteiger partial charge in [0.25, 0.3) is 0 Å². The number of aliphatic hydroxyl groups excluding tert-OH is 1. The number of anilines is 1. The van der Waals surface area contributed by atoms with E-state index in [0.717, 1.165) is 26.2 Å². The maximum Gasteiger partial charge on any atom is 0.161 e. The van der Waals surface area contributed by atoms with E-state index >= 15 is 0 Å². The van der Waals surface area contributed by atoms with Crippen LogP contribution in [0.1, 0.15) is 5.56 Å². The van der Waals surface area contributed by atoms with Gasteiger partial charge in [0.05, 0.1) is 7.11 Å². The molecule has 1 aliphatic rings. The zero-order valence-corrected chi connectivity index (χ0v) is 15.6. The standard InChI is InChI=1S/C21H28N2O3/c1-17-7-9-18(10-8-17)23-13-11-22(12-14-23)15-19(24)16-26-21-6-4-3-5-20(21)25-2/h3-10,19,24H,11-16H2,1-2H3. The second-order valence-electron chi connectivity index (χ2n) is 6.74. The van der Waals surface area contributed by atoms with Gasteiger partial charge in [-0.2, -0.15) is 0 Å². The lowest BCUT2D eigenvalue weighted by molar-refractivity contribution is 0.0653. The molecule has 140 valence electrons. The molecule has 0 aromatic heterocycles. The van der Waals surface area contributed by atoms with Crippen molar-refractivity contribution in [2.75, 3.05) is 51.3 Å². The molecule has 0 bridgehead atoms. The zero-order valence-electron chi connectivity index (χ0n) is 15.6. The minimum Gasteiger partial charge on any atom is -0.493 e. The van der Waals surface area contributed by atoms with Gasteiger partial charge in [0, 0.05) is 38.4 Å². The topological polar surface area (TPSA) is 45.2 Å². The first kappa shape index (κ1) is 18.5. The third-order valence-electron chi connectivity index (χ3n) is 4.74. The summed E-state index contributed by atoms with van der Waals surface area (Å²) in [6.07, 6.45) is -0.522. The first-order chi connectivity index (χ1) is 12.7. The summed E-state index contributed by atoms with van der Waals surface area (Å²) in [5.41, 5.74) is 2.56. The molecule has 5 heteroatoms.